The molecule has 26 heavy (non-hydrogen) atoms. The summed E-state index contributed by atoms with van der Waals surface area (Å²) in [6, 6.07) is 5.26. The number of fused-ring (bicyclic) bond motifs is 1. The van der Waals surface area contributed by atoms with Crippen LogP contribution < -0.4 is 20.1 Å². The van der Waals surface area contributed by atoms with Gasteiger partial charge in [-0.3, -0.25) is 0 Å². The molecule has 0 bridgehead atoms. The molecule has 3 heterocycles. The summed E-state index contributed by atoms with van der Waals surface area (Å²) in [5, 5.41) is 9.78. The summed E-state index contributed by atoms with van der Waals surface area (Å²) in [6.45, 7) is 4.54. The lowest BCUT2D eigenvalue weighted by Gasteiger charge is -2.19. The zero-order chi connectivity index (χ0) is 18.1. The molecule has 0 radical (unpaired) electrons. The van der Waals surface area contributed by atoms with Crippen LogP contribution in [0.2, 0.25) is 0 Å². The SMILES string of the molecule is Cc1noc(C)c1Nc1ncc(F)c(Nc2ccc3c(c2)OCCO3)n1. The van der Waals surface area contributed by atoms with E-state index in [0.29, 0.717) is 47.5 Å². The maximum atomic E-state index is 14.1. The average molecular weight is 357 g/mol. The highest BCUT2D eigenvalue weighted by atomic mass is 19.1. The Labute approximate surface area is 148 Å². The number of halogens is 1. The van der Waals surface area contributed by atoms with Gasteiger partial charge in [-0.25, -0.2) is 9.37 Å². The minimum Gasteiger partial charge on any atom is -0.486 e. The number of nitrogens with zero attached hydrogens (tertiary/aromatic N) is 3. The fourth-order valence-corrected chi connectivity index (χ4v) is 2.55. The minimum atomic E-state index is -0.579. The molecule has 1 aliphatic rings. The Morgan fingerprint density at radius 3 is 2.65 bits per heavy atom. The lowest BCUT2D eigenvalue weighted by atomic mass is 10.2. The average Bonchev–Trinajstić information content (AvgIpc) is 2.96. The van der Waals surface area contributed by atoms with Crippen molar-refractivity contribution in [2.45, 2.75) is 13.8 Å². The predicted molar refractivity (Wildman–Crippen MR) is 92.0 cm³/mol. The van der Waals surface area contributed by atoms with Crippen LogP contribution in [0.3, 0.4) is 0 Å². The molecule has 0 saturated heterocycles. The van der Waals surface area contributed by atoms with Crippen molar-refractivity contribution in [1.29, 1.82) is 0 Å². The maximum absolute atomic E-state index is 14.1. The standard InChI is InChI=1S/C17H16FN5O3/c1-9-15(10(2)26-23-9)21-17-19-8-12(18)16(22-17)20-11-3-4-13-14(7-11)25-6-5-24-13/h3-4,7-8H,5-6H2,1-2H3,(H2,19,20,21,22). The molecule has 0 saturated carbocycles. The molecule has 1 aliphatic heterocycles. The number of nitrogens with one attached hydrogen (secondary N) is 2. The van der Waals surface area contributed by atoms with E-state index in [2.05, 4.69) is 25.8 Å². The van der Waals surface area contributed by atoms with Crippen molar-refractivity contribution >= 4 is 23.1 Å². The third-order valence-electron chi connectivity index (χ3n) is 3.82. The van der Waals surface area contributed by atoms with E-state index in [1.807, 2.05) is 0 Å². The summed E-state index contributed by atoms with van der Waals surface area (Å²) < 4.78 is 30.2. The zero-order valence-electron chi connectivity index (χ0n) is 14.2. The van der Waals surface area contributed by atoms with E-state index in [9.17, 15) is 4.39 Å². The molecule has 8 nitrogen and oxygen atoms in total. The maximum Gasteiger partial charge on any atom is 0.229 e. The van der Waals surface area contributed by atoms with Gasteiger partial charge in [-0.05, 0) is 26.0 Å². The highest BCUT2D eigenvalue weighted by molar-refractivity contribution is 5.64. The Morgan fingerprint density at radius 1 is 1.08 bits per heavy atom. The highest BCUT2D eigenvalue weighted by Gasteiger charge is 2.15. The molecule has 0 spiro atoms. The summed E-state index contributed by atoms with van der Waals surface area (Å²) in [5.74, 6) is 1.53. The third kappa shape index (κ3) is 3.10. The van der Waals surface area contributed by atoms with E-state index >= 15 is 0 Å². The summed E-state index contributed by atoms with van der Waals surface area (Å²) >= 11 is 0. The number of benzene rings is 1. The van der Waals surface area contributed by atoms with Gasteiger partial charge >= 0.3 is 0 Å². The summed E-state index contributed by atoms with van der Waals surface area (Å²) in [6.07, 6.45) is 1.09. The van der Waals surface area contributed by atoms with Crippen molar-refractivity contribution in [3.63, 3.8) is 0 Å². The first-order chi connectivity index (χ1) is 12.6. The van der Waals surface area contributed by atoms with Gasteiger partial charge < -0.3 is 24.6 Å². The van der Waals surface area contributed by atoms with Crippen molar-refractivity contribution in [2.75, 3.05) is 23.8 Å². The van der Waals surface area contributed by atoms with Crippen LogP contribution in [0.5, 0.6) is 11.5 Å². The van der Waals surface area contributed by atoms with Crippen LogP contribution in [0.25, 0.3) is 0 Å². The molecule has 134 valence electrons. The highest BCUT2D eigenvalue weighted by Crippen LogP contribution is 2.34. The van der Waals surface area contributed by atoms with E-state index in [-0.39, 0.29) is 11.8 Å². The fraction of sp³-hybridized carbons (Fsp3) is 0.235. The van der Waals surface area contributed by atoms with Gasteiger partial charge in [-0.2, -0.15) is 4.98 Å². The molecular weight excluding hydrogens is 341 g/mol. The first-order valence-corrected chi connectivity index (χ1v) is 7.99. The minimum absolute atomic E-state index is 0.0333. The van der Waals surface area contributed by atoms with E-state index in [1.54, 1.807) is 32.0 Å². The fourth-order valence-electron chi connectivity index (χ4n) is 2.55. The van der Waals surface area contributed by atoms with Crippen molar-refractivity contribution in [2.24, 2.45) is 0 Å². The van der Waals surface area contributed by atoms with Crippen molar-refractivity contribution < 1.29 is 18.4 Å². The second-order valence-corrected chi connectivity index (χ2v) is 5.70. The summed E-state index contributed by atoms with van der Waals surface area (Å²) in [5.41, 5.74) is 1.94. The van der Waals surface area contributed by atoms with E-state index in [0.717, 1.165) is 6.20 Å². The van der Waals surface area contributed by atoms with Crippen molar-refractivity contribution in [1.82, 2.24) is 15.1 Å². The quantitative estimate of drug-likeness (QED) is 0.733. The van der Waals surface area contributed by atoms with Crippen LogP contribution in [-0.2, 0) is 0 Å². The Morgan fingerprint density at radius 2 is 1.88 bits per heavy atom. The second-order valence-electron chi connectivity index (χ2n) is 5.70. The largest absolute Gasteiger partial charge is 0.486 e. The topological polar surface area (TPSA) is 94.3 Å². The monoisotopic (exact) mass is 357 g/mol. The number of hydrogen-bond acceptors (Lipinski definition) is 8. The van der Waals surface area contributed by atoms with Crippen LogP contribution in [0.15, 0.2) is 28.9 Å². The van der Waals surface area contributed by atoms with Gasteiger partial charge in [0.1, 0.15) is 24.6 Å². The van der Waals surface area contributed by atoms with Crippen LogP contribution in [-0.4, -0.2) is 28.3 Å². The number of rotatable bonds is 4. The number of aromatic nitrogens is 3. The smallest absolute Gasteiger partial charge is 0.229 e. The third-order valence-corrected chi connectivity index (χ3v) is 3.82. The molecule has 0 unspecified atom stereocenters. The summed E-state index contributed by atoms with van der Waals surface area (Å²) in [7, 11) is 0. The van der Waals surface area contributed by atoms with E-state index < -0.39 is 5.82 Å². The van der Waals surface area contributed by atoms with Crippen LogP contribution in [0.4, 0.5) is 27.5 Å². The van der Waals surface area contributed by atoms with E-state index in [4.69, 9.17) is 14.0 Å². The van der Waals surface area contributed by atoms with E-state index in [1.165, 1.54) is 0 Å². The molecule has 3 aromatic rings. The summed E-state index contributed by atoms with van der Waals surface area (Å²) in [4.78, 5) is 8.14. The lowest BCUT2D eigenvalue weighted by molar-refractivity contribution is 0.171. The number of hydrogen-bond donors (Lipinski definition) is 2. The van der Waals surface area contributed by atoms with Gasteiger partial charge in [0.05, 0.1) is 6.20 Å². The molecule has 0 amide bonds. The second kappa shape index (κ2) is 6.51. The first-order valence-electron chi connectivity index (χ1n) is 7.99. The number of ether oxygens (including phenoxy) is 2. The molecule has 2 N–H and O–H groups in total. The van der Waals surface area contributed by atoms with Gasteiger partial charge in [0.2, 0.25) is 5.95 Å². The molecule has 9 heteroatoms. The molecule has 0 aliphatic carbocycles. The van der Waals surface area contributed by atoms with Gasteiger partial charge in [-0.1, -0.05) is 5.16 Å². The van der Waals surface area contributed by atoms with Crippen LogP contribution in [0.1, 0.15) is 11.5 Å². The first kappa shape index (κ1) is 16.1. The molecule has 1 aromatic carbocycles. The van der Waals surface area contributed by atoms with Gasteiger partial charge in [-0.15, -0.1) is 0 Å². The normalized spacial score (nSPS) is 12.7. The van der Waals surface area contributed by atoms with Crippen molar-refractivity contribution in [3.05, 3.63) is 41.7 Å². The van der Waals surface area contributed by atoms with Gasteiger partial charge in [0, 0.05) is 11.8 Å². The molecule has 4 rings (SSSR count). The molecule has 2 aromatic heterocycles. The Hall–Kier alpha value is -3.36. The number of anilines is 4. The van der Waals surface area contributed by atoms with Gasteiger partial charge in [0.15, 0.2) is 28.9 Å². The molecule has 0 atom stereocenters. The van der Waals surface area contributed by atoms with Gasteiger partial charge in [0.25, 0.3) is 0 Å². The predicted octanol–water partition coefficient (Wildman–Crippen LogP) is 3.48. The van der Waals surface area contributed by atoms with Crippen molar-refractivity contribution in [3.8, 4) is 11.5 Å². The molecular formula is C17H16FN5O3. The molecule has 0 fully saturated rings. The van der Waals surface area contributed by atoms with Crippen LogP contribution in [0, 0.1) is 19.7 Å². The Bertz CT molecular complexity index is 940. The Balaban J connectivity index is 1.58. The zero-order valence-corrected chi connectivity index (χ0v) is 14.2. The van der Waals surface area contributed by atoms with Crippen LogP contribution >= 0.6 is 0 Å². The Kier molecular flexibility index (Phi) is 4.04. The number of aryl methyl sites for hydroxylation is 2. The lowest BCUT2D eigenvalue weighted by Crippen LogP contribution is -2.15.